The van der Waals surface area contributed by atoms with Crippen LogP contribution in [0.4, 0.5) is 0 Å². The number of hydrogen-bond donors (Lipinski definition) is 1. The number of carbonyl (C=O) groups excluding carboxylic acids is 1. The molecular formula is C13H18N2O3S. The molecule has 2 heterocycles. The van der Waals surface area contributed by atoms with Gasteiger partial charge in [-0.3, -0.25) is 9.59 Å². The first kappa shape index (κ1) is 14.0. The zero-order chi connectivity index (χ0) is 14.0. The quantitative estimate of drug-likeness (QED) is 0.910. The smallest absolute Gasteiger partial charge is 0.311 e. The lowest BCUT2D eigenvalue weighted by Gasteiger charge is -2.19. The van der Waals surface area contributed by atoms with Crippen molar-refractivity contribution in [1.82, 2.24) is 9.88 Å². The summed E-state index contributed by atoms with van der Waals surface area (Å²) < 4.78 is 0. The van der Waals surface area contributed by atoms with Crippen LogP contribution >= 0.6 is 11.3 Å². The number of aliphatic carboxylic acids is 1. The van der Waals surface area contributed by atoms with Crippen molar-refractivity contribution in [2.75, 3.05) is 13.1 Å². The Morgan fingerprint density at radius 3 is 2.84 bits per heavy atom. The Balaban J connectivity index is 1.96. The van der Waals surface area contributed by atoms with Gasteiger partial charge in [-0.15, -0.1) is 11.3 Å². The van der Waals surface area contributed by atoms with Gasteiger partial charge in [-0.2, -0.15) is 0 Å². The number of hydrogen-bond acceptors (Lipinski definition) is 4. The van der Waals surface area contributed by atoms with Gasteiger partial charge in [0.15, 0.2) is 0 Å². The zero-order valence-electron chi connectivity index (χ0n) is 11.2. The molecule has 1 atom stereocenters. The van der Waals surface area contributed by atoms with E-state index in [4.69, 9.17) is 5.11 Å². The highest BCUT2D eigenvalue weighted by atomic mass is 32.1. The molecule has 5 nitrogen and oxygen atoms in total. The van der Waals surface area contributed by atoms with Gasteiger partial charge >= 0.3 is 5.97 Å². The van der Waals surface area contributed by atoms with Crippen LogP contribution in [0.25, 0.3) is 0 Å². The number of thiazole rings is 1. The van der Waals surface area contributed by atoms with E-state index in [1.54, 1.807) is 23.2 Å². The van der Waals surface area contributed by atoms with Crippen LogP contribution in [0.3, 0.4) is 0 Å². The van der Waals surface area contributed by atoms with Crippen molar-refractivity contribution in [3.63, 3.8) is 0 Å². The fourth-order valence-corrected chi connectivity index (χ4v) is 2.95. The van der Waals surface area contributed by atoms with Crippen LogP contribution in [0, 0.1) is 5.41 Å². The molecule has 1 saturated heterocycles. The second-order valence-electron chi connectivity index (χ2n) is 5.19. The van der Waals surface area contributed by atoms with Crippen LogP contribution in [0.5, 0.6) is 0 Å². The molecule has 1 aromatic heterocycles. The van der Waals surface area contributed by atoms with Crippen LogP contribution < -0.4 is 0 Å². The number of carboxylic acid groups (broad SMARTS) is 1. The minimum Gasteiger partial charge on any atom is -0.481 e. The number of carbonyl (C=O) groups is 2. The minimum atomic E-state index is -0.829. The number of amides is 1. The van der Waals surface area contributed by atoms with Gasteiger partial charge in [0.25, 0.3) is 0 Å². The molecule has 1 fully saturated rings. The highest BCUT2D eigenvalue weighted by molar-refractivity contribution is 7.09. The largest absolute Gasteiger partial charge is 0.481 e. The van der Waals surface area contributed by atoms with Crippen molar-refractivity contribution in [2.45, 2.75) is 33.1 Å². The van der Waals surface area contributed by atoms with E-state index >= 15 is 0 Å². The average Bonchev–Trinajstić information content (AvgIpc) is 2.96. The van der Waals surface area contributed by atoms with E-state index < -0.39 is 11.4 Å². The van der Waals surface area contributed by atoms with E-state index in [1.165, 1.54) is 0 Å². The van der Waals surface area contributed by atoms with Crippen molar-refractivity contribution >= 4 is 23.2 Å². The summed E-state index contributed by atoms with van der Waals surface area (Å²) in [4.78, 5) is 29.3. The normalized spacial score (nSPS) is 22.7. The lowest BCUT2D eigenvalue weighted by Crippen LogP contribution is -2.35. The summed E-state index contributed by atoms with van der Waals surface area (Å²) in [6.07, 6.45) is 1.66. The molecule has 1 aliphatic rings. The van der Waals surface area contributed by atoms with E-state index in [-0.39, 0.29) is 12.3 Å². The molecule has 0 spiro atoms. The van der Waals surface area contributed by atoms with Crippen molar-refractivity contribution in [1.29, 1.82) is 0 Å². The third kappa shape index (κ3) is 2.94. The molecular weight excluding hydrogens is 264 g/mol. The molecule has 0 aromatic carbocycles. The summed E-state index contributed by atoms with van der Waals surface area (Å²) in [5.74, 6) is -0.859. The van der Waals surface area contributed by atoms with Gasteiger partial charge in [-0.05, 0) is 19.8 Å². The van der Waals surface area contributed by atoms with Crippen molar-refractivity contribution < 1.29 is 14.7 Å². The second kappa shape index (κ2) is 5.28. The topological polar surface area (TPSA) is 70.5 Å². The third-order valence-electron chi connectivity index (χ3n) is 3.58. The fraction of sp³-hybridized carbons (Fsp3) is 0.615. The van der Waals surface area contributed by atoms with Crippen LogP contribution in [0.1, 0.15) is 31.0 Å². The summed E-state index contributed by atoms with van der Waals surface area (Å²) in [6.45, 7) is 4.54. The van der Waals surface area contributed by atoms with Gasteiger partial charge in [0.05, 0.1) is 22.5 Å². The van der Waals surface area contributed by atoms with Gasteiger partial charge < -0.3 is 10.0 Å². The summed E-state index contributed by atoms with van der Waals surface area (Å²) in [6, 6.07) is 0. The third-order valence-corrected chi connectivity index (χ3v) is 4.62. The van der Waals surface area contributed by atoms with Crippen molar-refractivity contribution in [2.24, 2.45) is 5.41 Å². The molecule has 1 amide bonds. The van der Waals surface area contributed by atoms with E-state index in [1.807, 2.05) is 12.3 Å². The molecule has 0 saturated carbocycles. The van der Waals surface area contributed by atoms with Crippen LogP contribution in [0.2, 0.25) is 0 Å². The molecule has 0 bridgehead atoms. The first-order valence-electron chi connectivity index (χ1n) is 6.39. The number of likely N-dealkylation sites (tertiary alicyclic amines) is 1. The van der Waals surface area contributed by atoms with Crippen LogP contribution in [-0.4, -0.2) is 40.0 Å². The summed E-state index contributed by atoms with van der Waals surface area (Å²) in [5, 5.41) is 12.1. The van der Waals surface area contributed by atoms with Crippen LogP contribution in [0.15, 0.2) is 5.38 Å². The summed E-state index contributed by atoms with van der Waals surface area (Å²) in [7, 11) is 0. The molecule has 0 radical (unpaired) electrons. The van der Waals surface area contributed by atoms with E-state index in [2.05, 4.69) is 4.98 Å². The number of aromatic nitrogens is 1. The predicted molar refractivity (Wildman–Crippen MR) is 72.1 cm³/mol. The molecule has 1 aliphatic heterocycles. The van der Waals surface area contributed by atoms with Crippen molar-refractivity contribution in [3.05, 3.63) is 16.1 Å². The minimum absolute atomic E-state index is 0.0297. The SMILES string of the molecule is CCc1nc(CC(=O)N2CC[C@@](C)(C(=O)O)C2)cs1. The first-order chi connectivity index (χ1) is 8.94. The fourth-order valence-electron chi connectivity index (χ4n) is 2.21. The van der Waals surface area contributed by atoms with Gasteiger partial charge in [0, 0.05) is 18.5 Å². The molecule has 2 rings (SSSR count). The van der Waals surface area contributed by atoms with E-state index in [0.29, 0.717) is 19.5 Å². The van der Waals surface area contributed by atoms with Gasteiger partial charge in [0.1, 0.15) is 0 Å². The average molecular weight is 282 g/mol. The molecule has 1 aromatic rings. The standard InChI is InChI=1S/C13H18N2O3S/c1-3-10-14-9(7-19-10)6-11(16)15-5-4-13(2,8-15)12(17)18/h7H,3-6,8H2,1-2H3,(H,17,18)/t13-/m1/s1. The Kier molecular flexibility index (Phi) is 3.89. The van der Waals surface area contributed by atoms with Crippen LogP contribution in [-0.2, 0) is 22.4 Å². The Morgan fingerprint density at radius 1 is 1.58 bits per heavy atom. The Hall–Kier alpha value is -1.43. The maximum Gasteiger partial charge on any atom is 0.311 e. The number of rotatable bonds is 4. The molecule has 0 aliphatic carbocycles. The van der Waals surface area contributed by atoms with Gasteiger partial charge in [-0.25, -0.2) is 4.98 Å². The summed E-state index contributed by atoms with van der Waals surface area (Å²) in [5.41, 5.74) is -0.0115. The second-order valence-corrected chi connectivity index (χ2v) is 6.14. The molecule has 6 heteroatoms. The van der Waals surface area contributed by atoms with Crippen molar-refractivity contribution in [3.8, 4) is 0 Å². The van der Waals surface area contributed by atoms with E-state index in [9.17, 15) is 9.59 Å². The van der Waals surface area contributed by atoms with Gasteiger partial charge in [0.2, 0.25) is 5.91 Å². The summed E-state index contributed by atoms with van der Waals surface area (Å²) >= 11 is 1.56. The highest BCUT2D eigenvalue weighted by Gasteiger charge is 2.41. The van der Waals surface area contributed by atoms with Gasteiger partial charge in [-0.1, -0.05) is 6.92 Å². The Labute approximate surface area is 116 Å². The lowest BCUT2D eigenvalue weighted by molar-refractivity contribution is -0.147. The molecule has 0 unspecified atom stereocenters. The highest BCUT2D eigenvalue weighted by Crippen LogP contribution is 2.30. The number of aryl methyl sites for hydroxylation is 1. The Morgan fingerprint density at radius 2 is 2.32 bits per heavy atom. The first-order valence-corrected chi connectivity index (χ1v) is 7.27. The maximum absolute atomic E-state index is 12.1. The number of nitrogens with zero attached hydrogens (tertiary/aromatic N) is 2. The lowest BCUT2D eigenvalue weighted by atomic mass is 9.90. The predicted octanol–water partition coefficient (Wildman–Crippen LogP) is 1.57. The zero-order valence-corrected chi connectivity index (χ0v) is 12.0. The van der Waals surface area contributed by atoms with E-state index in [0.717, 1.165) is 17.1 Å². The number of carboxylic acids is 1. The monoisotopic (exact) mass is 282 g/mol. The maximum atomic E-state index is 12.1. The molecule has 104 valence electrons. The molecule has 19 heavy (non-hydrogen) atoms. The molecule has 1 N–H and O–H groups in total. The Bertz CT molecular complexity index is 500.